The van der Waals surface area contributed by atoms with Crippen LogP contribution >= 0.6 is 0 Å². The van der Waals surface area contributed by atoms with Crippen LogP contribution in [-0.4, -0.2) is 0 Å². The Balaban J connectivity index is 1.18. The van der Waals surface area contributed by atoms with E-state index < -0.39 is 0 Å². The van der Waals surface area contributed by atoms with E-state index in [0.29, 0.717) is 0 Å². The van der Waals surface area contributed by atoms with Gasteiger partial charge in [-0.3, -0.25) is 0 Å². The summed E-state index contributed by atoms with van der Waals surface area (Å²) in [6.45, 7) is 0. The highest BCUT2D eigenvalue weighted by Crippen LogP contribution is 2.48. The largest absolute Gasteiger partial charge is 0.0616 e. The Morgan fingerprint density at radius 2 is 0.554 bits per heavy atom. The fraction of sp³-hybridized carbons (Fsp3) is 0. The molecule has 0 aliphatic carbocycles. The van der Waals surface area contributed by atoms with E-state index in [4.69, 9.17) is 0 Å². The second-order valence-corrected chi connectivity index (χ2v) is 15.5. The van der Waals surface area contributed by atoms with E-state index in [-0.39, 0.29) is 0 Å². The number of hydrogen-bond acceptors (Lipinski definition) is 0. The predicted octanol–water partition coefficient (Wildman–Crippen LogP) is 16.0. The summed E-state index contributed by atoms with van der Waals surface area (Å²) >= 11 is 0. The Kier molecular flexibility index (Phi) is 5.98. The number of fused-ring (bicyclic) bond motifs is 7. The van der Waals surface area contributed by atoms with Crippen molar-refractivity contribution in [2.45, 2.75) is 0 Å². The quantitative estimate of drug-likeness (QED) is 0.124. The van der Waals surface area contributed by atoms with Crippen molar-refractivity contribution in [3.63, 3.8) is 0 Å². The average Bonchev–Trinajstić information content (AvgIpc) is 3.26. The summed E-state index contributed by atoms with van der Waals surface area (Å²) in [7, 11) is 0. The van der Waals surface area contributed by atoms with E-state index in [9.17, 15) is 0 Å². The average molecular weight is 705 g/mol. The Morgan fingerprint density at radius 1 is 0.179 bits per heavy atom. The van der Waals surface area contributed by atoms with Crippen molar-refractivity contribution >= 4 is 108 Å². The predicted molar refractivity (Wildman–Crippen MR) is 244 cm³/mol. The first kappa shape index (κ1) is 30.1. The molecule has 0 spiro atoms. The third kappa shape index (κ3) is 4.03. The lowest BCUT2D eigenvalue weighted by Gasteiger charge is -2.20. The van der Waals surface area contributed by atoms with E-state index in [1.807, 2.05) is 0 Å². The van der Waals surface area contributed by atoms with Gasteiger partial charge in [0.15, 0.2) is 0 Å². The van der Waals surface area contributed by atoms with Crippen LogP contribution < -0.4 is 0 Å². The van der Waals surface area contributed by atoms with Crippen LogP contribution in [0.15, 0.2) is 194 Å². The van der Waals surface area contributed by atoms with Crippen LogP contribution in [0.25, 0.3) is 130 Å². The van der Waals surface area contributed by atoms with E-state index in [1.165, 1.54) is 130 Å². The molecule has 256 valence electrons. The van der Waals surface area contributed by atoms with Crippen molar-refractivity contribution in [1.29, 1.82) is 0 Å². The Labute approximate surface area is 322 Å². The molecular formula is C56H32. The van der Waals surface area contributed by atoms with Crippen LogP contribution in [-0.2, 0) is 0 Å². The third-order valence-electron chi connectivity index (χ3n) is 12.7. The molecule has 0 bridgehead atoms. The van der Waals surface area contributed by atoms with Crippen LogP contribution in [0.1, 0.15) is 0 Å². The molecule has 0 aliphatic heterocycles. The lowest BCUT2D eigenvalue weighted by Crippen LogP contribution is -1.92. The summed E-state index contributed by atoms with van der Waals surface area (Å²) in [6.07, 6.45) is 0. The van der Waals surface area contributed by atoms with Gasteiger partial charge < -0.3 is 0 Å². The summed E-state index contributed by atoms with van der Waals surface area (Å²) in [4.78, 5) is 0. The minimum atomic E-state index is 1.24. The summed E-state index contributed by atoms with van der Waals surface area (Å²) in [5.74, 6) is 0. The molecule has 0 saturated carbocycles. The second kappa shape index (κ2) is 11.1. The van der Waals surface area contributed by atoms with Crippen molar-refractivity contribution in [2.24, 2.45) is 0 Å². The van der Waals surface area contributed by atoms with Crippen LogP contribution in [0.4, 0.5) is 0 Å². The molecule has 0 unspecified atom stereocenters. The molecular weight excluding hydrogens is 673 g/mol. The lowest BCUT2D eigenvalue weighted by molar-refractivity contribution is 1.69. The normalized spacial score (nSPS) is 12.3. The van der Waals surface area contributed by atoms with Gasteiger partial charge in [0.05, 0.1) is 0 Å². The van der Waals surface area contributed by atoms with E-state index in [1.54, 1.807) is 0 Å². The first-order valence-corrected chi connectivity index (χ1v) is 19.6. The summed E-state index contributed by atoms with van der Waals surface area (Å²) in [5.41, 5.74) is 5.05. The van der Waals surface area contributed by atoms with Crippen molar-refractivity contribution in [1.82, 2.24) is 0 Å². The number of benzene rings is 12. The van der Waals surface area contributed by atoms with E-state index in [2.05, 4.69) is 194 Å². The minimum absolute atomic E-state index is 1.24. The van der Waals surface area contributed by atoms with E-state index >= 15 is 0 Å². The summed E-state index contributed by atoms with van der Waals surface area (Å²) in [6, 6.07) is 73.1. The zero-order chi connectivity index (χ0) is 36.5. The molecule has 0 aliphatic rings. The van der Waals surface area contributed by atoms with Gasteiger partial charge in [0, 0.05) is 0 Å². The highest BCUT2D eigenvalue weighted by atomic mass is 14.2. The van der Waals surface area contributed by atoms with Gasteiger partial charge >= 0.3 is 0 Å². The maximum absolute atomic E-state index is 2.51. The SMILES string of the molecule is c1ccc2c(c1)ccc1cc(-c3c4ccccc4c(-c4cc5ccc6cccc7c8cccc9ccc%10cccc(c(c4)c5c67)c%10c98)c4ccccc34)ccc12. The topological polar surface area (TPSA) is 0 Å². The first-order valence-electron chi connectivity index (χ1n) is 19.6. The Hall–Kier alpha value is -7.28. The highest BCUT2D eigenvalue weighted by molar-refractivity contribution is 6.37. The minimum Gasteiger partial charge on any atom is -0.0616 e. The molecule has 0 saturated heterocycles. The molecule has 0 atom stereocenters. The van der Waals surface area contributed by atoms with Crippen LogP contribution in [0.2, 0.25) is 0 Å². The van der Waals surface area contributed by atoms with E-state index in [0.717, 1.165) is 0 Å². The number of rotatable bonds is 2. The molecule has 0 aromatic heterocycles. The molecule has 13 aromatic rings. The molecule has 13 rings (SSSR count). The van der Waals surface area contributed by atoms with Gasteiger partial charge in [-0.1, -0.05) is 176 Å². The smallest absolute Gasteiger partial charge is 0.00199 e. The summed E-state index contributed by atoms with van der Waals surface area (Å²) in [5, 5.41) is 25.8. The molecule has 0 nitrogen and oxygen atoms in total. The van der Waals surface area contributed by atoms with Gasteiger partial charge in [-0.05, 0) is 148 Å². The molecule has 0 radical (unpaired) electrons. The van der Waals surface area contributed by atoms with Gasteiger partial charge in [-0.2, -0.15) is 0 Å². The summed E-state index contributed by atoms with van der Waals surface area (Å²) < 4.78 is 0. The molecule has 0 amide bonds. The molecule has 13 aromatic carbocycles. The van der Waals surface area contributed by atoms with Crippen LogP contribution in [0, 0.1) is 0 Å². The van der Waals surface area contributed by atoms with Crippen molar-refractivity contribution in [3.8, 4) is 22.3 Å². The maximum atomic E-state index is 2.51. The molecule has 0 heterocycles. The van der Waals surface area contributed by atoms with Gasteiger partial charge in [0.25, 0.3) is 0 Å². The van der Waals surface area contributed by atoms with Crippen molar-refractivity contribution in [3.05, 3.63) is 194 Å². The zero-order valence-electron chi connectivity index (χ0n) is 30.5. The molecule has 56 heavy (non-hydrogen) atoms. The zero-order valence-corrected chi connectivity index (χ0v) is 30.5. The molecule has 0 heteroatoms. The van der Waals surface area contributed by atoms with Gasteiger partial charge in [0.1, 0.15) is 0 Å². The molecule has 0 N–H and O–H groups in total. The van der Waals surface area contributed by atoms with Crippen LogP contribution in [0.5, 0.6) is 0 Å². The van der Waals surface area contributed by atoms with Gasteiger partial charge in [0.2, 0.25) is 0 Å². The van der Waals surface area contributed by atoms with Crippen molar-refractivity contribution in [2.75, 3.05) is 0 Å². The monoisotopic (exact) mass is 704 g/mol. The fourth-order valence-corrected chi connectivity index (χ4v) is 10.3. The van der Waals surface area contributed by atoms with Crippen molar-refractivity contribution < 1.29 is 0 Å². The Morgan fingerprint density at radius 3 is 1.14 bits per heavy atom. The maximum Gasteiger partial charge on any atom is -0.00199 e. The van der Waals surface area contributed by atoms with Gasteiger partial charge in [-0.25, -0.2) is 0 Å². The Bertz CT molecular complexity index is 3750. The van der Waals surface area contributed by atoms with Gasteiger partial charge in [-0.15, -0.1) is 0 Å². The first-order chi connectivity index (χ1) is 27.8. The lowest BCUT2D eigenvalue weighted by atomic mass is 9.83. The fourth-order valence-electron chi connectivity index (χ4n) is 10.3. The highest BCUT2D eigenvalue weighted by Gasteiger charge is 2.20. The number of hydrogen-bond donors (Lipinski definition) is 0. The second-order valence-electron chi connectivity index (χ2n) is 15.5. The molecule has 0 fully saturated rings. The third-order valence-corrected chi connectivity index (χ3v) is 12.7. The standard InChI is InChI=1S/C56H32/c1-2-14-41-33(10-1)22-26-37-30-38(28-29-42(37)41)51-43-15-3-5-17-45(43)52(46-18-6-4-16-44(46)51)40-31-39-27-25-36-12-8-20-48-47-19-7-11-34-23-24-35-13-9-21-49(55(35)53(34)47)50(32-40)56(39)54(36)48/h1-32H. The van der Waals surface area contributed by atoms with Crippen LogP contribution in [0.3, 0.4) is 0 Å².